The van der Waals surface area contributed by atoms with Gasteiger partial charge < -0.3 is 0 Å². The topological polar surface area (TPSA) is 63.6 Å². The maximum Gasteiger partial charge on any atom is 0.361 e. The Morgan fingerprint density at radius 1 is 1.50 bits per heavy atom. The fraction of sp³-hybridized carbons (Fsp3) is 0.222. The van der Waals surface area contributed by atoms with Crippen molar-refractivity contribution in [1.82, 2.24) is 20.2 Å². The van der Waals surface area contributed by atoms with E-state index in [0.717, 1.165) is 4.68 Å². The molecular formula is C9H8BrFN4O. The number of aromatic amines is 1. The third kappa shape index (κ3) is 2.04. The van der Waals surface area contributed by atoms with Crippen LogP contribution in [0.4, 0.5) is 4.39 Å². The van der Waals surface area contributed by atoms with Crippen LogP contribution in [0, 0.1) is 5.82 Å². The maximum absolute atomic E-state index is 13.4. The van der Waals surface area contributed by atoms with Crippen LogP contribution in [0.1, 0.15) is 11.1 Å². The minimum absolute atomic E-state index is 0.202. The molecule has 0 bridgehead atoms. The Morgan fingerprint density at radius 2 is 2.31 bits per heavy atom. The molecule has 0 unspecified atom stereocenters. The van der Waals surface area contributed by atoms with Gasteiger partial charge in [0.25, 0.3) is 0 Å². The molecule has 0 saturated carbocycles. The molecule has 2 rings (SSSR count). The molecular weight excluding hydrogens is 279 g/mol. The van der Waals surface area contributed by atoms with Crippen LogP contribution < -0.4 is 5.69 Å². The van der Waals surface area contributed by atoms with Crippen LogP contribution in [0.15, 0.2) is 23.0 Å². The van der Waals surface area contributed by atoms with Crippen molar-refractivity contribution in [2.75, 3.05) is 0 Å². The maximum atomic E-state index is 13.4. The SMILES string of the molecule is O=c1[nH]nnn1Cc1cccc(F)c1CBr. The fourth-order valence-corrected chi connectivity index (χ4v) is 2.01. The number of rotatable bonds is 3. The summed E-state index contributed by atoms with van der Waals surface area (Å²) in [4.78, 5) is 11.2. The third-order valence-corrected chi connectivity index (χ3v) is 2.76. The average molecular weight is 287 g/mol. The zero-order valence-electron chi connectivity index (χ0n) is 8.15. The van der Waals surface area contributed by atoms with Gasteiger partial charge in [0.05, 0.1) is 6.54 Å². The predicted molar refractivity (Wildman–Crippen MR) is 58.8 cm³/mol. The summed E-state index contributed by atoms with van der Waals surface area (Å²) in [6.07, 6.45) is 0. The van der Waals surface area contributed by atoms with Gasteiger partial charge in [0, 0.05) is 10.9 Å². The van der Waals surface area contributed by atoms with Crippen LogP contribution in [0.2, 0.25) is 0 Å². The molecule has 2 aromatic rings. The van der Waals surface area contributed by atoms with Crippen LogP contribution in [0.5, 0.6) is 0 Å². The van der Waals surface area contributed by atoms with Gasteiger partial charge in [-0.3, -0.25) is 0 Å². The van der Waals surface area contributed by atoms with E-state index in [1.165, 1.54) is 6.07 Å². The molecule has 0 aliphatic heterocycles. The van der Waals surface area contributed by atoms with Crippen molar-refractivity contribution in [1.29, 1.82) is 0 Å². The molecule has 1 aromatic carbocycles. The zero-order valence-corrected chi connectivity index (χ0v) is 9.74. The van der Waals surface area contributed by atoms with Gasteiger partial charge in [0.15, 0.2) is 0 Å². The number of nitrogens with one attached hydrogen (secondary N) is 1. The number of alkyl halides is 1. The van der Waals surface area contributed by atoms with Crippen molar-refractivity contribution in [3.63, 3.8) is 0 Å². The highest BCUT2D eigenvalue weighted by atomic mass is 79.9. The molecule has 0 aliphatic rings. The van der Waals surface area contributed by atoms with Crippen LogP contribution >= 0.6 is 15.9 Å². The fourth-order valence-electron chi connectivity index (χ4n) is 1.38. The Bertz CT molecular complexity index is 550. The summed E-state index contributed by atoms with van der Waals surface area (Å²) in [7, 11) is 0. The molecule has 7 heteroatoms. The molecule has 0 radical (unpaired) electrons. The minimum atomic E-state index is -0.412. The number of aromatic nitrogens is 4. The molecule has 1 aromatic heterocycles. The van der Waals surface area contributed by atoms with Gasteiger partial charge in [0.1, 0.15) is 5.82 Å². The lowest BCUT2D eigenvalue weighted by atomic mass is 10.1. The zero-order chi connectivity index (χ0) is 11.5. The van der Waals surface area contributed by atoms with E-state index < -0.39 is 5.69 Å². The first kappa shape index (κ1) is 11.0. The first-order valence-corrected chi connectivity index (χ1v) is 5.65. The Kier molecular flexibility index (Phi) is 3.14. The lowest BCUT2D eigenvalue weighted by Gasteiger charge is -2.06. The molecule has 0 saturated heterocycles. The highest BCUT2D eigenvalue weighted by molar-refractivity contribution is 9.08. The van der Waals surface area contributed by atoms with Gasteiger partial charge in [-0.1, -0.05) is 28.1 Å². The van der Waals surface area contributed by atoms with E-state index in [-0.39, 0.29) is 12.4 Å². The first-order chi connectivity index (χ1) is 7.72. The second kappa shape index (κ2) is 4.56. The standard InChI is InChI=1S/C9H8BrFN4O/c10-4-7-6(2-1-3-8(7)11)5-15-9(16)12-13-14-15/h1-3H,4-5H2,(H,12,14,16). The molecule has 0 amide bonds. The molecule has 0 spiro atoms. The number of benzene rings is 1. The van der Waals surface area contributed by atoms with Crippen molar-refractivity contribution < 1.29 is 4.39 Å². The smallest absolute Gasteiger partial charge is 0.245 e. The van der Waals surface area contributed by atoms with E-state index >= 15 is 0 Å². The van der Waals surface area contributed by atoms with E-state index in [9.17, 15) is 9.18 Å². The van der Waals surface area contributed by atoms with Crippen LogP contribution in [0.25, 0.3) is 0 Å². The van der Waals surface area contributed by atoms with Crippen molar-refractivity contribution in [2.45, 2.75) is 11.9 Å². The van der Waals surface area contributed by atoms with E-state index in [1.807, 2.05) is 0 Å². The Hall–Kier alpha value is -1.50. The highest BCUT2D eigenvalue weighted by Gasteiger charge is 2.09. The number of H-pyrrole nitrogens is 1. The molecule has 16 heavy (non-hydrogen) atoms. The van der Waals surface area contributed by atoms with Gasteiger partial charge in [-0.2, -0.15) is 4.68 Å². The van der Waals surface area contributed by atoms with Crippen molar-refractivity contribution in [3.8, 4) is 0 Å². The third-order valence-electron chi connectivity index (χ3n) is 2.20. The molecule has 84 valence electrons. The number of tetrazole rings is 1. The van der Waals surface area contributed by atoms with Gasteiger partial charge in [-0.25, -0.2) is 14.3 Å². The minimum Gasteiger partial charge on any atom is -0.245 e. The lowest BCUT2D eigenvalue weighted by molar-refractivity contribution is 0.597. The molecule has 0 atom stereocenters. The van der Waals surface area contributed by atoms with Crippen molar-refractivity contribution in [3.05, 3.63) is 45.6 Å². The summed E-state index contributed by atoms with van der Waals surface area (Å²) in [5.41, 5.74) is 0.815. The second-order valence-electron chi connectivity index (χ2n) is 3.18. The Morgan fingerprint density at radius 3 is 2.94 bits per heavy atom. The Balaban J connectivity index is 2.38. The predicted octanol–water partition coefficient (Wildman–Crippen LogP) is 1.05. The first-order valence-electron chi connectivity index (χ1n) is 4.52. The number of halogens is 2. The monoisotopic (exact) mass is 286 g/mol. The van der Waals surface area contributed by atoms with Gasteiger partial charge >= 0.3 is 5.69 Å². The summed E-state index contributed by atoms with van der Waals surface area (Å²) in [6.45, 7) is 0.202. The molecule has 1 N–H and O–H groups in total. The molecule has 5 nitrogen and oxygen atoms in total. The Labute approximate surface area is 98.4 Å². The van der Waals surface area contributed by atoms with Crippen LogP contribution in [0.3, 0.4) is 0 Å². The van der Waals surface area contributed by atoms with Crippen LogP contribution in [-0.2, 0) is 11.9 Å². The van der Waals surface area contributed by atoms with E-state index in [4.69, 9.17) is 0 Å². The molecule has 1 heterocycles. The summed E-state index contributed by atoms with van der Waals surface area (Å²) in [6, 6.07) is 4.73. The normalized spacial score (nSPS) is 10.6. The largest absolute Gasteiger partial charge is 0.361 e. The summed E-state index contributed by atoms with van der Waals surface area (Å²) in [5, 5.41) is 9.52. The van der Waals surface area contributed by atoms with E-state index in [1.54, 1.807) is 12.1 Å². The van der Waals surface area contributed by atoms with Crippen LogP contribution in [-0.4, -0.2) is 20.2 Å². The highest BCUT2D eigenvalue weighted by Crippen LogP contribution is 2.17. The lowest BCUT2D eigenvalue weighted by Crippen LogP contribution is -2.19. The quantitative estimate of drug-likeness (QED) is 0.858. The number of hydrogen-bond acceptors (Lipinski definition) is 3. The summed E-state index contributed by atoms with van der Waals surface area (Å²) >= 11 is 3.21. The van der Waals surface area contributed by atoms with Gasteiger partial charge in [0.2, 0.25) is 0 Å². The molecule has 0 aliphatic carbocycles. The average Bonchev–Trinajstić information content (AvgIpc) is 2.65. The second-order valence-corrected chi connectivity index (χ2v) is 3.74. The summed E-state index contributed by atoms with van der Waals surface area (Å²) < 4.78 is 14.6. The van der Waals surface area contributed by atoms with E-state index in [0.29, 0.717) is 16.5 Å². The van der Waals surface area contributed by atoms with Crippen molar-refractivity contribution in [2.24, 2.45) is 0 Å². The molecule has 0 fully saturated rings. The number of hydrogen-bond donors (Lipinski definition) is 1. The summed E-state index contributed by atoms with van der Waals surface area (Å²) in [5.74, 6) is -0.300. The van der Waals surface area contributed by atoms with Gasteiger partial charge in [-0.05, 0) is 22.1 Å². The van der Waals surface area contributed by atoms with Crippen molar-refractivity contribution >= 4 is 15.9 Å². The van der Waals surface area contributed by atoms with Gasteiger partial charge in [-0.15, -0.1) is 0 Å². The van der Waals surface area contributed by atoms with E-state index in [2.05, 4.69) is 31.5 Å². The number of nitrogens with zero attached hydrogens (tertiary/aromatic N) is 3.